The molecular formula is C5H3IN4S2. The van der Waals surface area contributed by atoms with E-state index in [0.717, 1.165) is 18.6 Å². The molecule has 12 heavy (non-hydrogen) atoms. The molecule has 0 saturated carbocycles. The van der Waals surface area contributed by atoms with Gasteiger partial charge < -0.3 is 0 Å². The molecule has 2 rings (SSSR count). The van der Waals surface area contributed by atoms with Crippen molar-refractivity contribution in [3.63, 3.8) is 0 Å². The fourth-order valence-electron chi connectivity index (χ4n) is 0.725. The standard InChI is InChI=1S/C5H3IN4S2/c1-2-3(12-10-7-2)4-8-9-5(6)11-4/h1H3. The number of hydrogen-bond acceptors (Lipinski definition) is 6. The summed E-state index contributed by atoms with van der Waals surface area (Å²) in [5.41, 5.74) is 0.924. The molecule has 7 heteroatoms. The van der Waals surface area contributed by atoms with Crippen LogP contribution in [-0.2, 0) is 0 Å². The smallest absolute Gasteiger partial charge is 0.143 e. The van der Waals surface area contributed by atoms with Crippen LogP contribution in [0, 0.1) is 9.94 Å². The summed E-state index contributed by atoms with van der Waals surface area (Å²) < 4.78 is 4.78. The molecule has 0 radical (unpaired) electrons. The first-order chi connectivity index (χ1) is 5.77. The predicted octanol–water partition coefficient (Wildman–Crippen LogP) is 1.97. The van der Waals surface area contributed by atoms with Crippen molar-refractivity contribution < 1.29 is 0 Å². The molecule has 0 saturated heterocycles. The van der Waals surface area contributed by atoms with Crippen molar-refractivity contribution in [2.75, 3.05) is 0 Å². The second kappa shape index (κ2) is 3.30. The molecule has 2 aromatic heterocycles. The number of hydrogen-bond donors (Lipinski definition) is 0. The first kappa shape index (κ1) is 8.45. The van der Waals surface area contributed by atoms with Gasteiger partial charge in [0.1, 0.15) is 4.88 Å². The lowest BCUT2D eigenvalue weighted by Crippen LogP contribution is -1.76. The van der Waals surface area contributed by atoms with E-state index in [9.17, 15) is 0 Å². The van der Waals surface area contributed by atoms with E-state index < -0.39 is 0 Å². The third kappa shape index (κ3) is 1.48. The van der Waals surface area contributed by atoms with Crippen molar-refractivity contribution in [3.05, 3.63) is 8.71 Å². The molecule has 0 aromatic carbocycles. The predicted molar refractivity (Wildman–Crippen MR) is 56.3 cm³/mol. The van der Waals surface area contributed by atoms with Gasteiger partial charge in [-0.05, 0) is 41.0 Å². The van der Waals surface area contributed by atoms with Gasteiger partial charge in [-0.15, -0.1) is 15.3 Å². The Morgan fingerprint density at radius 1 is 1.25 bits per heavy atom. The number of aryl methyl sites for hydroxylation is 1. The lowest BCUT2D eigenvalue weighted by Gasteiger charge is -1.84. The maximum Gasteiger partial charge on any atom is 0.178 e. The normalized spacial score (nSPS) is 10.5. The SMILES string of the molecule is Cc1nnsc1-c1nnc(I)s1. The second-order valence-electron chi connectivity index (χ2n) is 2.05. The maximum atomic E-state index is 4.01. The number of rotatable bonds is 1. The highest BCUT2D eigenvalue weighted by atomic mass is 127. The van der Waals surface area contributed by atoms with Gasteiger partial charge in [0.2, 0.25) is 0 Å². The molecule has 0 fully saturated rings. The van der Waals surface area contributed by atoms with Crippen molar-refractivity contribution in [3.8, 4) is 9.88 Å². The molecule has 0 aliphatic carbocycles. The fourth-order valence-corrected chi connectivity index (χ4v) is 2.80. The topological polar surface area (TPSA) is 51.6 Å². The van der Waals surface area contributed by atoms with Crippen molar-refractivity contribution in [1.82, 2.24) is 19.8 Å². The molecule has 62 valence electrons. The Morgan fingerprint density at radius 3 is 2.58 bits per heavy atom. The van der Waals surface area contributed by atoms with E-state index in [2.05, 4.69) is 42.4 Å². The van der Waals surface area contributed by atoms with Crippen LogP contribution in [0.5, 0.6) is 0 Å². The highest BCUT2D eigenvalue weighted by Gasteiger charge is 2.10. The minimum atomic E-state index is 0.909. The van der Waals surface area contributed by atoms with Gasteiger partial charge in [-0.1, -0.05) is 15.8 Å². The van der Waals surface area contributed by atoms with Crippen LogP contribution in [0.2, 0.25) is 0 Å². The second-order valence-corrected chi connectivity index (χ2v) is 5.53. The van der Waals surface area contributed by atoms with E-state index in [-0.39, 0.29) is 0 Å². The van der Waals surface area contributed by atoms with Gasteiger partial charge in [0.15, 0.2) is 8.02 Å². The first-order valence-electron chi connectivity index (χ1n) is 3.05. The molecule has 0 N–H and O–H groups in total. The quantitative estimate of drug-likeness (QED) is 0.756. The Kier molecular flexibility index (Phi) is 2.33. The van der Waals surface area contributed by atoms with Crippen molar-refractivity contribution >= 4 is 45.5 Å². The molecule has 2 heterocycles. The summed E-state index contributed by atoms with van der Waals surface area (Å²) in [6.45, 7) is 1.92. The van der Waals surface area contributed by atoms with E-state index in [1.54, 1.807) is 11.3 Å². The van der Waals surface area contributed by atoms with Crippen LogP contribution in [0.4, 0.5) is 0 Å². The van der Waals surface area contributed by atoms with Gasteiger partial charge in [-0.3, -0.25) is 0 Å². The third-order valence-electron chi connectivity index (χ3n) is 1.25. The molecule has 0 unspecified atom stereocenters. The zero-order valence-electron chi connectivity index (χ0n) is 5.98. The van der Waals surface area contributed by atoms with Crippen LogP contribution < -0.4 is 0 Å². The van der Waals surface area contributed by atoms with Crippen molar-refractivity contribution in [2.45, 2.75) is 6.92 Å². The summed E-state index contributed by atoms with van der Waals surface area (Å²) in [5.74, 6) is 0. The van der Waals surface area contributed by atoms with Crippen LogP contribution in [0.3, 0.4) is 0 Å². The minimum Gasteiger partial charge on any atom is -0.143 e. The Bertz CT molecular complexity index is 396. The molecule has 4 nitrogen and oxygen atoms in total. The molecule has 0 spiro atoms. The summed E-state index contributed by atoms with van der Waals surface area (Å²) >= 11 is 5.06. The molecule has 0 bridgehead atoms. The lowest BCUT2D eigenvalue weighted by atomic mass is 10.4. The zero-order chi connectivity index (χ0) is 8.55. The highest BCUT2D eigenvalue weighted by Crippen LogP contribution is 2.28. The lowest BCUT2D eigenvalue weighted by molar-refractivity contribution is 1.06. The number of nitrogens with zero attached hydrogens (tertiary/aromatic N) is 4. The Labute approximate surface area is 90.4 Å². The average Bonchev–Trinajstić information content (AvgIpc) is 2.58. The van der Waals surface area contributed by atoms with E-state index in [1.165, 1.54) is 11.5 Å². The monoisotopic (exact) mass is 310 g/mol. The number of aromatic nitrogens is 4. The summed E-state index contributed by atoms with van der Waals surface area (Å²) in [7, 11) is 0. The molecule has 0 atom stereocenters. The van der Waals surface area contributed by atoms with Crippen LogP contribution >= 0.6 is 45.5 Å². The van der Waals surface area contributed by atoms with Gasteiger partial charge in [-0.25, -0.2) is 0 Å². The van der Waals surface area contributed by atoms with E-state index >= 15 is 0 Å². The Balaban J connectivity index is 2.50. The van der Waals surface area contributed by atoms with E-state index in [1.807, 2.05) is 6.92 Å². The van der Waals surface area contributed by atoms with Gasteiger partial charge >= 0.3 is 0 Å². The molecule has 2 aromatic rings. The van der Waals surface area contributed by atoms with Gasteiger partial charge in [0.25, 0.3) is 0 Å². The maximum absolute atomic E-state index is 4.01. The summed E-state index contributed by atoms with van der Waals surface area (Å²) in [6.07, 6.45) is 0. The van der Waals surface area contributed by atoms with Crippen LogP contribution in [0.15, 0.2) is 0 Å². The summed E-state index contributed by atoms with van der Waals surface area (Å²) in [5, 5.41) is 12.7. The van der Waals surface area contributed by atoms with Crippen LogP contribution in [0.25, 0.3) is 9.88 Å². The summed E-state index contributed by atoms with van der Waals surface area (Å²) in [4.78, 5) is 1.02. The Hall–Kier alpha value is -0.150. The van der Waals surface area contributed by atoms with Gasteiger partial charge in [-0.2, -0.15) is 0 Å². The highest BCUT2D eigenvalue weighted by molar-refractivity contribution is 14.1. The Morgan fingerprint density at radius 2 is 2.08 bits per heavy atom. The summed E-state index contributed by atoms with van der Waals surface area (Å²) in [6, 6.07) is 0. The molecule has 0 amide bonds. The third-order valence-corrected chi connectivity index (χ3v) is 3.82. The molecule has 0 aliphatic rings. The zero-order valence-corrected chi connectivity index (χ0v) is 9.77. The van der Waals surface area contributed by atoms with Gasteiger partial charge in [0.05, 0.1) is 5.69 Å². The van der Waals surface area contributed by atoms with Crippen molar-refractivity contribution in [1.29, 1.82) is 0 Å². The molecule has 0 aliphatic heterocycles. The first-order valence-corrected chi connectivity index (χ1v) is 5.72. The largest absolute Gasteiger partial charge is 0.178 e. The number of halogens is 1. The average molecular weight is 310 g/mol. The van der Waals surface area contributed by atoms with Crippen molar-refractivity contribution in [2.24, 2.45) is 0 Å². The van der Waals surface area contributed by atoms with E-state index in [0.29, 0.717) is 0 Å². The van der Waals surface area contributed by atoms with Gasteiger partial charge in [0, 0.05) is 0 Å². The van der Waals surface area contributed by atoms with E-state index in [4.69, 9.17) is 0 Å². The minimum absolute atomic E-state index is 0.909. The van der Waals surface area contributed by atoms with Crippen LogP contribution in [-0.4, -0.2) is 19.8 Å². The fraction of sp³-hybridized carbons (Fsp3) is 0.200. The van der Waals surface area contributed by atoms with Crippen LogP contribution in [0.1, 0.15) is 5.69 Å². The molecular weight excluding hydrogens is 307 g/mol.